The highest BCUT2D eigenvalue weighted by Crippen LogP contribution is 2.35. The second-order valence-corrected chi connectivity index (χ2v) is 7.99. The van der Waals surface area contributed by atoms with E-state index in [1.54, 1.807) is 24.0 Å². The van der Waals surface area contributed by atoms with Crippen LogP contribution in [0, 0.1) is 6.92 Å². The van der Waals surface area contributed by atoms with Gasteiger partial charge in [0.25, 0.3) is 11.8 Å². The van der Waals surface area contributed by atoms with Gasteiger partial charge in [-0.25, -0.2) is 9.97 Å². The van der Waals surface area contributed by atoms with Crippen molar-refractivity contribution in [1.29, 1.82) is 0 Å². The van der Waals surface area contributed by atoms with E-state index < -0.39 is 0 Å². The average molecular weight is 443 g/mol. The normalized spacial score (nSPS) is 14.2. The number of nitrogens with zero attached hydrogens (tertiary/aromatic N) is 6. The predicted molar refractivity (Wildman–Crippen MR) is 113 cm³/mol. The van der Waals surface area contributed by atoms with Crippen molar-refractivity contribution in [3.05, 3.63) is 40.5 Å². The highest BCUT2D eigenvalue weighted by atomic mass is 32.1. The first-order chi connectivity index (χ1) is 15.0. The Kier molecular flexibility index (Phi) is 6.05. The van der Waals surface area contributed by atoms with Crippen molar-refractivity contribution < 1.29 is 19.1 Å². The zero-order valence-electron chi connectivity index (χ0n) is 17.5. The minimum Gasteiger partial charge on any atom is -0.480 e. The monoisotopic (exact) mass is 442 g/mol. The zero-order valence-corrected chi connectivity index (χ0v) is 18.3. The molecule has 10 nitrogen and oxygen atoms in total. The number of hydrogen-bond donors (Lipinski definition) is 0. The largest absolute Gasteiger partial charge is 0.480 e. The zero-order chi connectivity index (χ0) is 22.0. The number of carbonyl (C=O) groups excluding carboxylic acids is 2. The minimum absolute atomic E-state index is 0.0811. The molecule has 31 heavy (non-hydrogen) atoms. The van der Waals surface area contributed by atoms with Gasteiger partial charge >= 0.3 is 0 Å². The van der Waals surface area contributed by atoms with E-state index in [-0.39, 0.29) is 18.4 Å². The third-order valence-corrected chi connectivity index (χ3v) is 6.27. The number of fused-ring (bicyclic) bond motifs is 1. The molecule has 4 rings (SSSR count). The van der Waals surface area contributed by atoms with Crippen LogP contribution >= 0.6 is 11.3 Å². The number of aromatic nitrogens is 4. The number of amides is 2. The number of ether oxygens (including phenoxy) is 2. The van der Waals surface area contributed by atoms with Crippen LogP contribution in [0.15, 0.2) is 18.6 Å². The fourth-order valence-electron chi connectivity index (χ4n) is 3.52. The molecule has 0 aromatic carbocycles. The Balaban J connectivity index is 1.52. The van der Waals surface area contributed by atoms with Gasteiger partial charge in [-0.2, -0.15) is 4.98 Å². The summed E-state index contributed by atoms with van der Waals surface area (Å²) < 4.78 is 10.6. The molecule has 4 heterocycles. The van der Waals surface area contributed by atoms with E-state index in [0.29, 0.717) is 53.3 Å². The highest BCUT2D eigenvalue weighted by Gasteiger charge is 2.29. The second-order valence-electron chi connectivity index (χ2n) is 6.99. The third kappa shape index (κ3) is 4.06. The van der Waals surface area contributed by atoms with E-state index in [2.05, 4.69) is 19.9 Å². The molecule has 1 aliphatic heterocycles. The Morgan fingerprint density at radius 2 is 1.77 bits per heavy atom. The summed E-state index contributed by atoms with van der Waals surface area (Å²) in [6, 6.07) is 0. The van der Waals surface area contributed by atoms with Gasteiger partial charge in [0.2, 0.25) is 5.88 Å². The highest BCUT2D eigenvalue weighted by molar-refractivity contribution is 7.20. The molecule has 162 valence electrons. The third-order valence-electron chi connectivity index (χ3n) is 5.10. The summed E-state index contributed by atoms with van der Waals surface area (Å²) in [6.45, 7) is 3.89. The minimum atomic E-state index is -0.177. The summed E-state index contributed by atoms with van der Waals surface area (Å²) >= 11 is 1.32. The molecule has 0 aliphatic carbocycles. The number of hydrogen-bond acceptors (Lipinski definition) is 9. The molecule has 2 amide bonds. The van der Waals surface area contributed by atoms with Crippen LogP contribution < -0.4 is 4.74 Å². The van der Waals surface area contributed by atoms with Crippen molar-refractivity contribution in [2.24, 2.45) is 0 Å². The molecule has 0 atom stereocenters. The summed E-state index contributed by atoms with van der Waals surface area (Å²) in [6.07, 6.45) is 4.47. The van der Waals surface area contributed by atoms with E-state index in [0.717, 1.165) is 10.9 Å². The Morgan fingerprint density at radius 1 is 1.06 bits per heavy atom. The van der Waals surface area contributed by atoms with Gasteiger partial charge in [0.15, 0.2) is 5.82 Å². The predicted octanol–water partition coefficient (Wildman–Crippen LogP) is 1.54. The van der Waals surface area contributed by atoms with Crippen molar-refractivity contribution in [3.63, 3.8) is 0 Å². The van der Waals surface area contributed by atoms with E-state index in [1.165, 1.54) is 29.9 Å². The number of methoxy groups -OCH3 is 2. The van der Waals surface area contributed by atoms with E-state index in [9.17, 15) is 9.59 Å². The maximum atomic E-state index is 13.2. The summed E-state index contributed by atoms with van der Waals surface area (Å²) in [5.74, 6) is 0.679. The van der Waals surface area contributed by atoms with Gasteiger partial charge in [0, 0.05) is 45.7 Å². The molecule has 3 aromatic heterocycles. The SMILES string of the molecule is COCc1nc(OC)c2c(C)c(C(=O)N3CCN(C(=O)c4cnccn4)CC3)sc2n1. The molecule has 1 aliphatic rings. The molecule has 0 spiro atoms. The molecule has 0 saturated carbocycles. The standard InChI is InChI=1S/C20H22N6O4S/c1-12-15-17(30-3)23-14(11-29-2)24-18(15)31-16(12)20(28)26-8-6-25(7-9-26)19(27)13-10-21-4-5-22-13/h4-5,10H,6-9,11H2,1-3H3. The Bertz CT molecular complexity index is 1110. The van der Waals surface area contributed by atoms with E-state index in [1.807, 2.05) is 6.92 Å². The van der Waals surface area contributed by atoms with Crippen molar-refractivity contribution in [3.8, 4) is 5.88 Å². The lowest BCUT2D eigenvalue weighted by Gasteiger charge is -2.34. The van der Waals surface area contributed by atoms with Crippen LogP contribution in [0.1, 0.15) is 31.5 Å². The number of rotatable bonds is 5. The van der Waals surface area contributed by atoms with Crippen molar-refractivity contribution in [1.82, 2.24) is 29.7 Å². The maximum Gasteiger partial charge on any atom is 0.274 e. The molecular formula is C20H22N6O4S. The Morgan fingerprint density at radius 3 is 2.39 bits per heavy atom. The number of thiophene rings is 1. The summed E-state index contributed by atoms with van der Waals surface area (Å²) in [4.78, 5) is 47.4. The quantitative estimate of drug-likeness (QED) is 0.585. The van der Waals surface area contributed by atoms with Crippen LogP contribution in [0.3, 0.4) is 0 Å². The molecular weight excluding hydrogens is 420 g/mol. The van der Waals surface area contributed by atoms with Crippen molar-refractivity contribution in [2.75, 3.05) is 40.4 Å². The number of piperazine rings is 1. The fourth-order valence-corrected chi connectivity index (χ4v) is 4.68. The van der Waals surface area contributed by atoms with Crippen LogP contribution in [-0.2, 0) is 11.3 Å². The van der Waals surface area contributed by atoms with Crippen molar-refractivity contribution >= 4 is 33.4 Å². The Labute approximate surface area is 182 Å². The topological polar surface area (TPSA) is 111 Å². The van der Waals surface area contributed by atoms with Gasteiger partial charge in [-0.05, 0) is 12.5 Å². The molecule has 0 unspecified atom stereocenters. The first-order valence-electron chi connectivity index (χ1n) is 9.71. The molecule has 0 N–H and O–H groups in total. The fraction of sp³-hybridized carbons (Fsp3) is 0.400. The average Bonchev–Trinajstić information content (AvgIpc) is 3.14. The molecule has 1 fully saturated rings. The molecule has 0 radical (unpaired) electrons. The lowest BCUT2D eigenvalue weighted by Crippen LogP contribution is -2.50. The van der Waals surface area contributed by atoms with Crippen LogP contribution in [-0.4, -0.2) is 81.9 Å². The van der Waals surface area contributed by atoms with Crippen molar-refractivity contribution in [2.45, 2.75) is 13.5 Å². The Hall–Kier alpha value is -3.18. The first-order valence-corrected chi connectivity index (χ1v) is 10.5. The van der Waals surface area contributed by atoms with Gasteiger partial charge in [-0.15, -0.1) is 11.3 Å². The van der Waals surface area contributed by atoms with Gasteiger partial charge in [0.1, 0.15) is 17.1 Å². The van der Waals surface area contributed by atoms with Crippen LogP contribution in [0.5, 0.6) is 5.88 Å². The van der Waals surface area contributed by atoms with Gasteiger partial charge < -0.3 is 19.3 Å². The van der Waals surface area contributed by atoms with Gasteiger partial charge in [-0.1, -0.05) is 0 Å². The first kappa shape index (κ1) is 21.1. The molecule has 0 bridgehead atoms. The second kappa shape index (κ2) is 8.90. The number of carbonyl (C=O) groups is 2. The smallest absolute Gasteiger partial charge is 0.274 e. The van der Waals surface area contributed by atoms with Crippen LogP contribution in [0.25, 0.3) is 10.2 Å². The lowest BCUT2D eigenvalue weighted by molar-refractivity contribution is 0.0534. The molecule has 3 aromatic rings. The van der Waals surface area contributed by atoms with E-state index in [4.69, 9.17) is 9.47 Å². The van der Waals surface area contributed by atoms with Gasteiger partial charge in [0.05, 0.1) is 23.6 Å². The summed E-state index contributed by atoms with van der Waals surface area (Å²) in [7, 11) is 3.12. The molecule has 1 saturated heterocycles. The van der Waals surface area contributed by atoms with Crippen LogP contribution in [0.2, 0.25) is 0 Å². The molecule has 11 heteroatoms. The van der Waals surface area contributed by atoms with Crippen LogP contribution in [0.4, 0.5) is 0 Å². The summed E-state index contributed by atoms with van der Waals surface area (Å²) in [5.41, 5.74) is 1.10. The lowest BCUT2D eigenvalue weighted by atomic mass is 10.2. The van der Waals surface area contributed by atoms with E-state index >= 15 is 0 Å². The number of aryl methyl sites for hydroxylation is 1. The maximum absolute atomic E-state index is 13.2. The van der Waals surface area contributed by atoms with Gasteiger partial charge in [-0.3, -0.25) is 14.6 Å². The summed E-state index contributed by atoms with van der Waals surface area (Å²) in [5, 5.41) is 0.743.